The molecule has 1 N–H and O–H groups in total. The van der Waals surface area contributed by atoms with Gasteiger partial charge in [0.25, 0.3) is 0 Å². The second kappa shape index (κ2) is 10.1. The maximum absolute atomic E-state index is 12.4. The Morgan fingerprint density at radius 2 is 1.90 bits per heavy atom. The molecule has 30 heavy (non-hydrogen) atoms. The topological polar surface area (TPSA) is 77.3 Å². The molecule has 0 saturated heterocycles. The van der Waals surface area contributed by atoms with Crippen LogP contribution >= 0.6 is 0 Å². The summed E-state index contributed by atoms with van der Waals surface area (Å²) in [4.78, 5) is 21.0. The van der Waals surface area contributed by atoms with Crippen LogP contribution < -0.4 is 10.1 Å². The first-order valence-electron chi connectivity index (χ1n) is 10.7. The van der Waals surface area contributed by atoms with Crippen LogP contribution in [0.25, 0.3) is 11.3 Å². The summed E-state index contributed by atoms with van der Waals surface area (Å²) >= 11 is 0. The Morgan fingerprint density at radius 3 is 2.73 bits per heavy atom. The number of anilines is 1. The summed E-state index contributed by atoms with van der Waals surface area (Å²) in [6.45, 7) is 0.674. The van der Waals surface area contributed by atoms with Crippen LogP contribution in [0.5, 0.6) is 5.75 Å². The number of aryl methyl sites for hydroxylation is 1. The second-order valence-corrected chi connectivity index (χ2v) is 7.70. The van der Waals surface area contributed by atoms with Crippen LogP contribution in [0.4, 0.5) is 5.82 Å². The first-order valence-corrected chi connectivity index (χ1v) is 10.7. The van der Waals surface area contributed by atoms with Crippen molar-refractivity contribution in [3.05, 3.63) is 60.7 Å². The highest BCUT2D eigenvalue weighted by Gasteiger charge is 2.16. The molecule has 0 atom stereocenters. The zero-order valence-corrected chi connectivity index (χ0v) is 17.0. The summed E-state index contributed by atoms with van der Waals surface area (Å²) < 4.78 is 11.8. The summed E-state index contributed by atoms with van der Waals surface area (Å²) in [7, 11) is 0. The molecule has 156 valence electrons. The predicted molar refractivity (Wildman–Crippen MR) is 115 cm³/mol. The Labute approximate surface area is 176 Å². The van der Waals surface area contributed by atoms with Gasteiger partial charge in [0, 0.05) is 24.6 Å². The third-order valence-corrected chi connectivity index (χ3v) is 5.41. The molecule has 6 heteroatoms. The SMILES string of the molecule is O=C(CCc1ncc(-c2ccccc2)o1)Nc1ncccc1OCC1CCCCC1. The lowest BCUT2D eigenvalue weighted by atomic mass is 9.90. The van der Waals surface area contributed by atoms with Crippen LogP contribution in [0.15, 0.2) is 59.3 Å². The van der Waals surface area contributed by atoms with Gasteiger partial charge >= 0.3 is 0 Å². The molecule has 1 aromatic carbocycles. The van der Waals surface area contributed by atoms with Crippen LogP contribution in [0.3, 0.4) is 0 Å². The molecule has 6 nitrogen and oxygen atoms in total. The number of hydrogen-bond acceptors (Lipinski definition) is 5. The highest BCUT2D eigenvalue weighted by molar-refractivity contribution is 5.91. The van der Waals surface area contributed by atoms with Gasteiger partial charge in [0.15, 0.2) is 23.2 Å². The van der Waals surface area contributed by atoms with Gasteiger partial charge < -0.3 is 14.5 Å². The van der Waals surface area contributed by atoms with Gasteiger partial charge in [-0.2, -0.15) is 0 Å². The molecule has 1 amide bonds. The van der Waals surface area contributed by atoms with Gasteiger partial charge in [-0.3, -0.25) is 4.79 Å². The van der Waals surface area contributed by atoms with E-state index in [2.05, 4.69) is 15.3 Å². The van der Waals surface area contributed by atoms with Gasteiger partial charge in [-0.15, -0.1) is 0 Å². The van der Waals surface area contributed by atoms with Crippen molar-refractivity contribution < 1.29 is 13.9 Å². The number of aromatic nitrogens is 2. The molecule has 2 aromatic heterocycles. The van der Waals surface area contributed by atoms with Crippen LogP contribution in [0.2, 0.25) is 0 Å². The van der Waals surface area contributed by atoms with E-state index in [4.69, 9.17) is 9.15 Å². The fourth-order valence-electron chi connectivity index (χ4n) is 3.74. The average Bonchev–Trinajstić information content (AvgIpc) is 3.28. The summed E-state index contributed by atoms with van der Waals surface area (Å²) in [6.07, 6.45) is 10.3. The fourth-order valence-corrected chi connectivity index (χ4v) is 3.74. The van der Waals surface area contributed by atoms with Crippen molar-refractivity contribution in [1.82, 2.24) is 9.97 Å². The number of carbonyl (C=O) groups excluding carboxylic acids is 1. The number of amides is 1. The average molecular weight is 405 g/mol. The number of benzene rings is 1. The summed E-state index contributed by atoms with van der Waals surface area (Å²) in [5, 5.41) is 2.86. The normalized spacial score (nSPS) is 14.4. The molecule has 0 spiro atoms. The lowest BCUT2D eigenvalue weighted by Gasteiger charge is -2.22. The molecular weight excluding hydrogens is 378 g/mol. The van der Waals surface area contributed by atoms with Gasteiger partial charge in [-0.1, -0.05) is 49.6 Å². The minimum atomic E-state index is -0.143. The van der Waals surface area contributed by atoms with Gasteiger partial charge in [0.1, 0.15) is 0 Å². The quantitative estimate of drug-likeness (QED) is 0.553. The molecule has 3 aromatic rings. The van der Waals surface area contributed by atoms with E-state index >= 15 is 0 Å². The molecule has 1 fully saturated rings. The highest BCUT2D eigenvalue weighted by atomic mass is 16.5. The second-order valence-electron chi connectivity index (χ2n) is 7.70. The first-order chi connectivity index (χ1) is 14.8. The maximum atomic E-state index is 12.4. The number of hydrogen-bond donors (Lipinski definition) is 1. The van der Waals surface area contributed by atoms with Crippen LogP contribution in [-0.2, 0) is 11.2 Å². The lowest BCUT2D eigenvalue weighted by molar-refractivity contribution is -0.116. The Morgan fingerprint density at radius 1 is 1.07 bits per heavy atom. The van der Waals surface area contributed by atoms with Crippen LogP contribution in [0, 0.1) is 5.92 Å². The van der Waals surface area contributed by atoms with Crippen LogP contribution in [-0.4, -0.2) is 22.5 Å². The molecule has 1 aliphatic rings. The molecule has 0 unspecified atom stereocenters. The summed E-state index contributed by atoms with van der Waals surface area (Å²) in [5.41, 5.74) is 0.967. The number of pyridine rings is 1. The Kier molecular flexibility index (Phi) is 6.75. The summed E-state index contributed by atoms with van der Waals surface area (Å²) in [6, 6.07) is 13.5. The standard InChI is InChI=1S/C24H27N3O3/c28-22(13-14-23-26-16-21(30-23)19-10-5-2-6-11-19)27-24-20(12-7-15-25-24)29-17-18-8-3-1-4-9-18/h2,5-7,10-12,15-16,18H,1,3-4,8-9,13-14,17H2,(H,25,27,28). The molecular formula is C24H27N3O3. The molecule has 0 radical (unpaired) electrons. The minimum absolute atomic E-state index is 0.143. The zero-order chi connectivity index (χ0) is 20.6. The fraction of sp³-hybridized carbons (Fsp3) is 0.375. The third kappa shape index (κ3) is 5.47. The number of nitrogens with zero attached hydrogens (tertiary/aromatic N) is 2. The van der Waals surface area contributed by atoms with Crippen molar-refractivity contribution in [2.24, 2.45) is 5.92 Å². The van der Waals surface area contributed by atoms with Crippen molar-refractivity contribution in [3.8, 4) is 17.1 Å². The zero-order valence-electron chi connectivity index (χ0n) is 17.0. The summed E-state index contributed by atoms with van der Waals surface area (Å²) in [5.74, 6) is 2.78. The largest absolute Gasteiger partial charge is 0.489 e. The highest BCUT2D eigenvalue weighted by Crippen LogP contribution is 2.27. The maximum Gasteiger partial charge on any atom is 0.226 e. The van der Waals surface area contributed by atoms with E-state index in [1.54, 1.807) is 12.4 Å². The Hall–Kier alpha value is -3.15. The van der Waals surface area contributed by atoms with E-state index in [0.717, 1.165) is 5.56 Å². The van der Waals surface area contributed by atoms with Gasteiger partial charge in [0.2, 0.25) is 5.91 Å². The monoisotopic (exact) mass is 405 g/mol. The Balaban J connectivity index is 1.29. The third-order valence-electron chi connectivity index (χ3n) is 5.41. The van der Waals surface area contributed by atoms with Crippen molar-refractivity contribution >= 4 is 11.7 Å². The van der Waals surface area contributed by atoms with Gasteiger partial charge in [-0.05, 0) is 30.9 Å². The van der Waals surface area contributed by atoms with E-state index in [1.165, 1.54) is 32.1 Å². The van der Waals surface area contributed by atoms with Crippen molar-refractivity contribution in [3.63, 3.8) is 0 Å². The van der Waals surface area contributed by atoms with E-state index in [1.807, 2.05) is 42.5 Å². The molecule has 2 heterocycles. The molecule has 4 rings (SSSR count). The number of rotatable bonds is 8. The molecule has 0 bridgehead atoms. The van der Waals surface area contributed by atoms with Crippen molar-refractivity contribution in [1.29, 1.82) is 0 Å². The minimum Gasteiger partial charge on any atom is -0.489 e. The lowest BCUT2D eigenvalue weighted by Crippen LogP contribution is -2.18. The first kappa shape index (κ1) is 20.1. The number of carbonyl (C=O) groups is 1. The van der Waals surface area contributed by atoms with E-state index in [9.17, 15) is 4.79 Å². The van der Waals surface area contributed by atoms with E-state index in [0.29, 0.717) is 42.2 Å². The smallest absolute Gasteiger partial charge is 0.226 e. The van der Waals surface area contributed by atoms with Crippen LogP contribution in [0.1, 0.15) is 44.4 Å². The van der Waals surface area contributed by atoms with Crippen molar-refractivity contribution in [2.45, 2.75) is 44.9 Å². The molecule has 1 aliphatic carbocycles. The van der Waals surface area contributed by atoms with Gasteiger partial charge in [0.05, 0.1) is 12.8 Å². The van der Waals surface area contributed by atoms with Crippen molar-refractivity contribution in [2.75, 3.05) is 11.9 Å². The Bertz CT molecular complexity index is 949. The predicted octanol–water partition coefficient (Wildman–Crippen LogP) is 5.27. The van der Waals surface area contributed by atoms with E-state index < -0.39 is 0 Å². The molecule has 1 saturated carbocycles. The number of oxazole rings is 1. The van der Waals surface area contributed by atoms with E-state index in [-0.39, 0.29) is 12.3 Å². The number of nitrogens with one attached hydrogen (secondary N) is 1. The number of ether oxygens (including phenoxy) is 1. The van der Waals surface area contributed by atoms with Gasteiger partial charge in [-0.25, -0.2) is 9.97 Å². The molecule has 0 aliphatic heterocycles.